The molecule has 0 aliphatic carbocycles. The summed E-state index contributed by atoms with van der Waals surface area (Å²) in [4.78, 5) is 25.3. The van der Waals surface area contributed by atoms with E-state index in [1.807, 2.05) is 17.5 Å². The van der Waals surface area contributed by atoms with Crippen molar-refractivity contribution in [1.82, 2.24) is 4.98 Å². The third-order valence-electron chi connectivity index (χ3n) is 2.22. The number of nitro groups is 1. The van der Waals surface area contributed by atoms with Gasteiger partial charge in [0, 0.05) is 4.88 Å². The zero-order chi connectivity index (χ0) is 13.8. The Morgan fingerprint density at radius 3 is 2.95 bits per heavy atom. The average molecular weight is 280 g/mol. The SMILES string of the molecule is O=C(O)c1cc([N+](=O)[O-])ncc1OCc1cccs1. The maximum Gasteiger partial charge on any atom is 0.364 e. The molecule has 2 aromatic rings. The molecule has 0 aliphatic rings. The van der Waals surface area contributed by atoms with Crippen LogP contribution in [0.4, 0.5) is 5.82 Å². The van der Waals surface area contributed by atoms with Gasteiger partial charge in [-0.2, -0.15) is 0 Å². The second kappa shape index (κ2) is 5.44. The first kappa shape index (κ1) is 13.0. The second-order valence-electron chi connectivity index (χ2n) is 3.47. The third-order valence-corrected chi connectivity index (χ3v) is 3.07. The lowest BCUT2D eigenvalue weighted by atomic mass is 10.2. The van der Waals surface area contributed by atoms with Gasteiger partial charge in [0.05, 0.1) is 6.07 Å². The monoisotopic (exact) mass is 280 g/mol. The van der Waals surface area contributed by atoms with Crippen molar-refractivity contribution in [3.63, 3.8) is 0 Å². The number of nitrogens with zero attached hydrogens (tertiary/aromatic N) is 2. The lowest BCUT2D eigenvalue weighted by Crippen LogP contribution is -2.05. The van der Waals surface area contributed by atoms with Gasteiger partial charge in [0.1, 0.15) is 12.2 Å². The smallest absolute Gasteiger partial charge is 0.364 e. The van der Waals surface area contributed by atoms with E-state index in [9.17, 15) is 14.9 Å². The van der Waals surface area contributed by atoms with Crippen LogP contribution in [0, 0.1) is 10.1 Å². The van der Waals surface area contributed by atoms with Crippen molar-refractivity contribution in [2.75, 3.05) is 0 Å². The molecule has 2 heterocycles. The van der Waals surface area contributed by atoms with E-state index in [4.69, 9.17) is 9.84 Å². The van der Waals surface area contributed by atoms with E-state index in [-0.39, 0.29) is 17.9 Å². The van der Waals surface area contributed by atoms with Crippen LogP contribution in [0.3, 0.4) is 0 Å². The van der Waals surface area contributed by atoms with Crippen LogP contribution in [0.2, 0.25) is 0 Å². The lowest BCUT2D eigenvalue weighted by molar-refractivity contribution is -0.389. The van der Waals surface area contributed by atoms with Crippen LogP contribution in [-0.4, -0.2) is 21.0 Å². The van der Waals surface area contributed by atoms with Crippen molar-refractivity contribution >= 4 is 23.1 Å². The molecule has 0 fully saturated rings. The van der Waals surface area contributed by atoms with Crippen LogP contribution in [0.25, 0.3) is 0 Å². The first-order chi connectivity index (χ1) is 9.08. The summed E-state index contributed by atoms with van der Waals surface area (Å²) in [5, 5.41) is 21.4. The van der Waals surface area contributed by atoms with Gasteiger partial charge in [0.15, 0.2) is 11.9 Å². The molecule has 8 heteroatoms. The largest absolute Gasteiger partial charge is 0.483 e. The van der Waals surface area contributed by atoms with Gasteiger partial charge in [-0.05, 0) is 21.4 Å². The Balaban J connectivity index is 2.24. The lowest BCUT2D eigenvalue weighted by Gasteiger charge is -2.05. The number of rotatable bonds is 5. The molecule has 0 spiro atoms. The molecule has 0 amide bonds. The van der Waals surface area contributed by atoms with E-state index in [0.29, 0.717) is 0 Å². The van der Waals surface area contributed by atoms with Gasteiger partial charge in [0.2, 0.25) is 0 Å². The van der Waals surface area contributed by atoms with Crippen LogP contribution in [-0.2, 0) is 6.61 Å². The van der Waals surface area contributed by atoms with E-state index in [1.54, 1.807) is 0 Å². The number of hydrogen-bond acceptors (Lipinski definition) is 6. The predicted molar refractivity (Wildman–Crippen MR) is 66.5 cm³/mol. The van der Waals surface area contributed by atoms with E-state index >= 15 is 0 Å². The minimum Gasteiger partial charge on any atom is -0.483 e. The van der Waals surface area contributed by atoms with Crippen LogP contribution in [0.15, 0.2) is 29.8 Å². The topological polar surface area (TPSA) is 103 Å². The summed E-state index contributed by atoms with van der Waals surface area (Å²) < 4.78 is 5.32. The average Bonchev–Trinajstić information content (AvgIpc) is 2.89. The van der Waals surface area contributed by atoms with Gasteiger partial charge in [-0.1, -0.05) is 6.07 Å². The molecule has 0 radical (unpaired) electrons. The van der Waals surface area contributed by atoms with Crippen molar-refractivity contribution in [2.24, 2.45) is 0 Å². The molecular formula is C11H8N2O5S. The van der Waals surface area contributed by atoms with Crippen molar-refractivity contribution in [2.45, 2.75) is 6.61 Å². The van der Waals surface area contributed by atoms with Crippen molar-refractivity contribution in [3.05, 3.63) is 50.3 Å². The number of hydrogen-bond donors (Lipinski definition) is 1. The summed E-state index contributed by atoms with van der Waals surface area (Å²) in [7, 11) is 0. The molecular weight excluding hydrogens is 272 g/mol. The van der Waals surface area contributed by atoms with Gasteiger partial charge < -0.3 is 20.0 Å². The fourth-order valence-electron chi connectivity index (χ4n) is 1.36. The highest BCUT2D eigenvalue weighted by molar-refractivity contribution is 7.09. The first-order valence-corrected chi connectivity index (χ1v) is 5.99. The Bertz CT molecular complexity index is 612. The minimum atomic E-state index is -1.30. The summed E-state index contributed by atoms with van der Waals surface area (Å²) in [5.41, 5.74) is -0.279. The number of carbonyl (C=O) groups is 1. The highest BCUT2D eigenvalue weighted by Crippen LogP contribution is 2.23. The number of ether oxygens (including phenoxy) is 1. The number of aromatic carboxylic acids is 1. The van der Waals surface area contributed by atoms with Gasteiger partial charge in [0.25, 0.3) is 0 Å². The molecule has 19 heavy (non-hydrogen) atoms. The zero-order valence-corrected chi connectivity index (χ0v) is 10.3. The Hall–Kier alpha value is -2.48. The quantitative estimate of drug-likeness (QED) is 0.666. The molecule has 0 saturated carbocycles. The van der Waals surface area contributed by atoms with Crippen LogP contribution in [0.5, 0.6) is 5.75 Å². The number of aromatic nitrogens is 1. The highest BCUT2D eigenvalue weighted by atomic mass is 32.1. The summed E-state index contributed by atoms with van der Waals surface area (Å²) >= 11 is 1.46. The summed E-state index contributed by atoms with van der Waals surface area (Å²) in [6.45, 7) is 0.192. The molecule has 0 aromatic carbocycles. The standard InChI is InChI=1S/C11H8N2O5S/c14-11(15)8-4-10(13(16)17)12-5-9(8)18-6-7-2-1-3-19-7/h1-5H,6H2,(H,14,15). The molecule has 0 aliphatic heterocycles. The van der Waals surface area contributed by atoms with E-state index in [1.165, 1.54) is 11.3 Å². The minimum absolute atomic E-state index is 0.00602. The first-order valence-electron chi connectivity index (χ1n) is 5.11. The van der Waals surface area contributed by atoms with Crippen LogP contribution >= 0.6 is 11.3 Å². The second-order valence-corrected chi connectivity index (χ2v) is 4.50. The molecule has 0 atom stereocenters. The summed E-state index contributed by atoms with van der Waals surface area (Å²) in [5.74, 6) is -1.82. The third kappa shape index (κ3) is 3.05. The summed E-state index contributed by atoms with van der Waals surface area (Å²) in [6, 6.07) is 4.56. The van der Waals surface area contributed by atoms with Gasteiger partial charge in [-0.25, -0.2) is 4.79 Å². The maximum atomic E-state index is 11.0. The van der Waals surface area contributed by atoms with Crippen LogP contribution in [0.1, 0.15) is 15.2 Å². The number of thiophene rings is 1. The molecule has 0 unspecified atom stereocenters. The molecule has 0 saturated heterocycles. The molecule has 7 nitrogen and oxygen atoms in total. The number of carboxylic acid groups (broad SMARTS) is 1. The molecule has 2 rings (SSSR count). The van der Waals surface area contributed by atoms with Gasteiger partial charge in [-0.15, -0.1) is 11.3 Å². The van der Waals surface area contributed by atoms with E-state index in [0.717, 1.165) is 17.1 Å². The predicted octanol–water partition coefficient (Wildman–Crippen LogP) is 2.33. The maximum absolute atomic E-state index is 11.0. The molecule has 0 bridgehead atoms. The zero-order valence-electron chi connectivity index (χ0n) is 9.48. The number of carboxylic acids is 1. The normalized spacial score (nSPS) is 10.1. The Labute approximate surface area is 111 Å². The van der Waals surface area contributed by atoms with Crippen molar-refractivity contribution < 1.29 is 19.6 Å². The fraction of sp³-hybridized carbons (Fsp3) is 0.0909. The van der Waals surface area contributed by atoms with Gasteiger partial charge >= 0.3 is 11.8 Å². The van der Waals surface area contributed by atoms with E-state index in [2.05, 4.69) is 4.98 Å². The fourth-order valence-corrected chi connectivity index (χ4v) is 1.97. The van der Waals surface area contributed by atoms with Crippen molar-refractivity contribution in [3.8, 4) is 5.75 Å². The molecule has 2 aromatic heterocycles. The number of pyridine rings is 1. The highest BCUT2D eigenvalue weighted by Gasteiger charge is 2.19. The van der Waals surface area contributed by atoms with Crippen LogP contribution < -0.4 is 4.74 Å². The Morgan fingerprint density at radius 2 is 2.37 bits per heavy atom. The molecule has 1 N–H and O–H groups in total. The Kier molecular flexibility index (Phi) is 3.71. The summed E-state index contributed by atoms with van der Waals surface area (Å²) in [6.07, 6.45) is 1.05. The van der Waals surface area contributed by atoms with Gasteiger partial charge in [-0.3, -0.25) is 0 Å². The van der Waals surface area contributed by atoms with E-state index < -0.39 is 16.7 Å². The molecule has 98 valence electrons. The van der Waals surface area contributed by atoms with Crippen molar-refractivity contribution in [1.29, 1.82) is 0 Å². The Morgan fingerprint density at radius 1 is 1.58 bits per heavy atom.